The molecule has 0 aliphatic carbocycles. The van der Waals surface area contributed by atoms with Gasteiger partial charge in [-0.2, -0.15) is 4.98 Å². The molecule has 0 atom stereocenters. The summed E-state index contributed by atoms with van der Waals surface area (Å²) in [7, 11) is 0. The number of halogens is 1. The first-order valence-electron chi connectivity index (χ1n) is 4.41. The van der Waals surface area contributed by atoms with Crippen LogP contribution in [0.25, 0.3) is 0 Å². The molecule has 0 aliphatic rings. The number of hydrogen-bond acceptors (Lipinski definition) is 4. The van der Waals surface area contributed by atoms with Gasteiger partial charge < -0.3 is 4.52 Å². The van der Waals surface area contributed by atoms with E-state index in [0.29, 0.717) is 17.5 Å². The van der Waals surface area contributed by atoms with Crippen molar-refractivity contribution in [2.24, 2.45) is 0 Å². The average molecular weight is 224 g/mol. The molecule has 3 nitrogen and oxygen atoms in total. The lowest BCUT2D eigenvalue weighted by atomic mass is 10.4. The zero-order chi connectivity index (χ0) is 10.7. The topological polar surface area (TPSA) is 38.9 Å². The Kier molecular flexibility index (Phi) is 3.01. The van der Waals surface area contributed by atoms with E-state index in [2.05, 4.69) is 10.1 Å². The molecule has 15 heavy (non-hydrogen) atoms. The van der Waals surface area contributed by atoms with Crippen LogP contribution in [0.1, 0.15) is 11.7 Å². The lowest BCUT2D eigenvalue weighted by Gasteiger charge is -1.97. The van der Waals surface area contributed by atoms with E-state index in [1.165, 1.54) is 23.9 Å². The van der Waals surface area contributed by atoms with Gasteiger partial charge in [0.1, 0.15) is 5.82 Å². The number of rotatable bonds is 3. The van der Waals surface area contributed by atoms with Gasteiger partial charge in [-0.15, -0.1) is 11.8 Å². The molecule has 0 fully saturated rings. The van der Waals surface area contributed by atoms with Gasteiger partial charge >= 0.3 is 0 Å². The van der Waals surface area contributed by atoms with Crippen molar-refractivity contribution in [3.63, 3.8) is 0 Å². The predicted octanol–water partition coefficient (Wildman–Crippen LogP) is 2.81. The van der Waals surface area contributed by atoms with Crippen LogP contribution in [0, 0.1) is 12.7 Å². The first kappa shape index (κ1) is 10.2. The minimum Gasteiger partial charge on any atom is -0.338 e. The Morgan fingerprint density at radius 2 is 2.07 bits per heavy atom. The molecule has 0 bridgehead atoms. The zero-order valence-electron chi connectivity index (χ0n) is 8.11. The number of aromatic nitrogens is 2. The third-order valence-electron chi connectivity index (χ3n) is 1.75. The molecule has 1 heterocycles. The Hall–Kier alpha value is -1.36. The van der Waals surface area contributed by atoms with Crippen LogP contribution in [0.2, 0.25) is 0 Å². The van der Waals surface area contributed by atoms with Gasteiger partial charge in [-0.3, -0.25) is 0 Å². The average Bonchev–Trinajstić information content (AvgIpc) is 2.64. The summed E-state index contributed by atoms with van der Waals surface area (Å²) in [6, 6.07) is 6.31. The standard InChI is InChI=1S/C10H9FN2OS/c1-7-12-10(14-13-7)6-15-9-4-2-8(11)3-5-9/h2-5H,6H2,1H3. The van der Waals surface area contributed by atoms with E-state index in [9.17, 15) is 4.39 Å². The minimum absolute atomic E-state index is 0.229. The summed E-state index contributed by atoms with van der Waals surface area (Å²) < 4.78 is 17.6. The molecule has 0 spiro atoms. The lowest BCUT2D eigenvalue weighted by molar-refractivity contribution is 0.387. The summed E-state index contributed by atoms with van der Waals surface area (Å²) in [5.74, 6) is 1.59. The summed E-state index contributed by atoms with van der Waals surface area (Å²) >= 11 is 1.53. The van der Waals surface area contributed by atoms with Crippen molar-refractivity contribution in [2.45, 2.75) is 17.6 Å². The maximum Gasteiger partial charge on any atom is 0.236 e. The fraction of sp³-hybridized carbons (Fsp3) is 0.200. The van der Waals surface area contributed by atoms with E-state index in [-0.39, 0.29) is 5.82 Å². The van der Waals surface area contributed by atoms with Gasteiger partial charge in [0.15, 0.2) is 5.82 Å². The van der Waals surface area contributed by atoms with Crippen molar-refractivity contribution >= 4 is 11.8 Å². The summed E-state index contributed by atoms with van der Waals surface area (Å²) in [5, 5.41) is 3.68. The van der Waals surface area contributed by atoms with E-state index in [1.807, 2.05) is 0 Å². The Morgan fingerprint density at radius 1 is 1.33 bits per heavy atom. The smallest absolute Gasteiger partial charge is 0.236 e. The summed E-state index contributed by atoms with van der Waals surface area (Å²) in [4.78, 5) is 5.05. The molecule has 0 saturated heterocycles. The second-order valence-corrected chi connectivity index (χ2v) is 4.03. The monoisotopic (exact) mass is 224 g/mol. The first-order chi connectivity index (χ1) is 7.24. The van der Waals surface area contributed by atoms with Crippen molar-refractivity contribution in [1.82, 2.24) is 10.1 Å². The van der Waals surface area contributed by atoms with Crippen molar-refractivity contribution < 1.29 is 8.91 Å². The van der Waals surface area contributed by atoms with Crippen molar-refractivity contribution in [3.8, 4) is 0 Å². The molecule has 0 aliphatic heterocycles. The third kappa shape index (κ3) is 2.79. The van der Waals surface area contributed by atoms with E-state index >= 15 is 0 Å². The number of benzene rings is 1. The van der Waals surface area contributed by atoms with E-state index < -0.39 is 0 Å². The molecule has 2 aromatic rings. The van der Waals surface area contributed by atoms with Crippen molar-refractivity contribution in [2.75, 3.05) is 0 Å². The molecular formula is C10H9FN2OS. The highest BCUT2D eigenvalue weighted by molar-refractivity contribution is 7.98. The molecule has 0 amide bonds. The number of thioether (sulfide) groups is 1. The van der Waals surface area contributed by atoms with Gasteiger partial charge in [-0.25, -0.2) is 4.39 Å². The van der Waals surface area contributed by atoms with E-state index in [0.717, 1.165) is 4.90 Å². The minimum atomic E-state index is -0.229. The summed E-state index contributed by atoms with van der Waals surface area (Å²) in [5.41, 5.74) is 0. The van der Waals surface area contributed by atoms with Crippen LogP contribution in [-0.4, -0.2) is 10.1 Å². The quantitative estimate of drug-likeness (QED) is 0.751. The first-order valence-corrected chi connectivity index (χ1v) is 5.40. The highest BCUT2D eigenvalue weighted by atomic mass is 32.2. The van der Waals surface area contributed by atoms with Gasteiger partial charge in [0.2, 0.25) is 5.89 Å². The molecular weight excluding hydrogens is 215 g/mol. The lowest BCUT2D eigenvalue weighted by Crippen LogP contribution is -1.81. The number of hydrogen-bond donors (Lipinski definition) is 0. The Bertz CT molecular complexity index is 441. The van der Waals surface area contributed by atoms with Crippen LogP contribution < -0.4 is 0 Å². The summed E-state index contributed by atoms with van der Waals surface area (Å²) in [6.45, 7) is 1.77. The summed E-state index contributed by atoms with van der Waals surface area (Å²) in [6.07, 6.45) is 0. The Labute approximate surface area is 90.7 Å². The van der Waals surface area contributed by atoms with Crippen LogP contribution >= 0.6 is 11.8 Å². The fourth-order valence-electron chi connectivity index (χ4n) is 1.07. The Balaban J connectivity index is 1.96. The molecule has 1 aromatic carbocycles. The van der Waals surface area contributed by atoms with Crippen molar-refractivity contribution in [1.29, 1.82) is 0 Å². The third-order valence-corrected chi connectivity index (χ3v) is 2.74. The molecule has 1 aromatic heterocycles. The van der Waals surface area contributed by atoms with E-state index in [1.54, 1.807) is 19.1 Å². The van der Waals surface area contributed by atoms with Crippen LogP contribution in [-0.2, 0) is 5.75 Å². The van der Waals surface area contributed by atoms with Crippen LogP contribution in [0.15, 0.2) is 33.7 Å². The van der Waals surface area contributed by atoms with Gasteiger partial charge in [0.05, 0.1) is 5.75 Å². The van der Waals surface area contributed by atoms with E-state index in [4.69, 9.17) is 4.52 Å². The van der Waals surface area contributed by atoms with Gasteiger partial charge in [0, 0.05) is 4.90 Å². The number of nitrogens with zero attached hydrogens (tertiary/aromatic N) is 2. The highest BCUT2D eigenvalue weighted by Gasteiger charge is 2.03. The predicted molar refractivity (Wildman–Crippen MR) is 55.0 cm³/mol. The van der Waals surface area contributed by atoms with Gasteiger partial charge in [-0.05, 0) is 31.2 Å². The second kappa shape index (κ2) is 4.44. The maximum atomic E-state index is 12.6. The highest BCUT2D eigenvalue weighted by Crippen LogP contribution is 2.21. The van der Waals surface area contributed by atoms with Gasteiger partial charge in [-0.1, -0.05) is 5.16 Å². The fourth-order valence-corrected chi connectivity index (χ4v) is 1.81. The SMILES string of the molecule is Cc1noc(CSc2ccc(F)cc2)n1. The van der Waals surface area contributed by atoms with Crippen molar-refractivity contribution in [3.05, 3.63) is 41.8 Å². The largest absolute Gasteiger partial charge is 0.338 e. The molecule has 0 N–H and O–H groups in total. The number of aryl methyl sites for hydroxylation is 1. The second-order valence-electron chi connectivity index (χ2n) is 2.98. The molecule has 0 saturated carbocycles. The van der Waals surface area contributed by atoms with Crippen LogP contribution in [0.5, 0.6) is 0 Å². The zero-order valence-corrected chi connectivity index (χ0v) is 8.92. The molecule has 5 heteroatoms. The maximum absolute atomic E-state index is 12.6. The van der Waals surface area contributed by atoms with Gasteiger partial charge in [0.25, 0.3) is 0 Å². The molecule has 2 rings (SSSR count). The molecule has 0 radical (unpaired) electrons. The normalized spacial score (nSPS) is 10.5. The molecule has 78 valence electrons. The van der Waals surface area contributed by atoms with Crippen LogP contribution in [0.4, 0.5) is 4.39 Å². The van der Waals surface area contributed by atoms with Crippen LogP contribution in [0.3, 0.4) is 0 Å². The molecule has 0 unspecified atom stereocenters. The Morgan fingerprint density at radius 3 is 2.67 bits per heavy atom.